The summed E-state index contributed by atoms with van der Waals surface area (Å²) in [6, 6.07) is 8.87. The van der Waals surface area contributed by atoms with E-state index >= 15 is 0 Å². The monoisotopic (exact) mass is 453 g/mol. The first-order valence-electron chi connectivity index (χ1n) is 9.31. The maximum Gasteiger partial charge on any atom is 0.350 e. The zero-order chi connectivity index (χ0) is 22.4. The number of rotatable bonds is 11. The maximum absolute atomic E-state index is 11.3. The molecule has 12 nitrogen and oxygen atoms in total. The molecule has 0 bridgehead atoms. The molecule has 13 heteroatoms. The Morgan fingerprint density at radius 2 is 1.90 bits per heavy atom. The fourth-order valence-electron chi connectivity index (χ4n) is 2.90. The van der Waals surface area contributed by atoms with E-state index in [-0.39, 0.29) is 42.2 Å². The van der Waals surface area contributed by atoms with Crippen molar-refractivity contribution in [3.05, 3.63) is 35.9 Å². The molecule has 0 aliphatic rings. The van der Waals surface area contributed by atoms with E-state index in [4.69, 9.17) is 19.9 Å². The van der Waals surface area contributed by atoms with Gasteiger partial charge in [-0.1, -0.05) is 30.3 Å². The molecule has 1 aromatic carbocycles. The second-order valence-corrected chi connectivity index (χ2v) is 8.29. The summed E-state index contributed by atoms with van der Waals surface area (Å²) in [6.07, 6.45) is -1.13. The van der Waals surface area contributed by atoms with Crippen molar-refractivity contribution in [2.45, 2.75) is 19.1 Å². The van der Waals surface area contributed by atoms with Gasteiger partial charge in [-0.25, -0.2) is 0 Å². The highest BCUT2D eigenvalue weighted by Crippen LogP contribution is 2.35. The van der Waals surface area contributed by atoms with E-state index in [1.807, 2.05) is 30.3 Å². The van der Waals surface area contributed by atoms with Crippen LogP contribution in [0.25, 0.3) is 11.2 Å². The Labute approximate surface area is 177 Å². The van der Waals surface area contributed by atoms with Crippen LogP contribution in [0.3, 0.4) is 0 Å². The highest BCUT2D eigenvalue weighted by molar-refractivity contribution is 7.51. The van der Waals surface area contributed by atoms with Gasteiger partial charge in [0.05, 0.1) is 19.3 Å². The number of benzene rings is 1. The first kappa shape index (κ1) is 22.9. The van der Waals surface area contributed by atoms with Crippen LogP contribution in [0.5, 0.6) is 12.0 Å². The molecule has 31 heavy (non-hydrogen) atoms. The van der Waals surface area contributed by atoms with Gasteiger partial charge < -0.3 is 34.8 Å². The number of nitrogen functional groups attached to an aromatic ring is 1. The predicted molar refractivity (Wildman–Crippen MR) is 111 cm³/mol. The van der Waals surface area contributed by atoms with Gasteiger partial charge in [-0.3, -0.25) is 9.13 Å². The number of aromatic nitrogens is 4. The van der Waals surface area contributed by atoms with Crippen LogP contribution >= 0.6 is 7.60 Å². The van der Waals surface area contributed by atoms with E-state index in [2.05, 4.69) is 15.0 Å². The van der Waals surface area contributed by atoms with Crippen molar-refractivity contribution in [1.29, 1.82) is 0 Å². The normalized spacial score (nSPS) is 12.9. The summed E-state index contributed by atoms with van der Waals surface area (Å²) >= 11 is 0. The zero-order valence-electron chi connectivity index (χ0n) is 16.8. The summed E-state index contributed by atoms with van der Waals surface area (Å²) in [6.45, 7) is 0.524. The molecule has 0 amide bonds. The average Bonchev–Trinajstić information content (AvgIpc) is 3.03. The van der Waals surface area contributed by atoms with Gasteiger partial charge >= 0.3 is 13.6 Å². The topological polar surface area (TPSA) is 175 Å². The molecule has 0 radical (unpaired) electrons. The highest BCUT2D eigenvalue weighted by atomic mass is 31.2. The zero-order valence-corrected chi connectivity index (χ0v) is 17.7. The third-order valence-corrected chi connectivity index (χ3v) is 4.76. The van der Waals surface area contributed by atoms with Gasteiger partial charge in [0.25, 0.3) is 6.01 Å². The molecule has 2 aromatic heterocycles. The van der Waals surface area contributed by atoms with Crippen LogP contribution in [0, 0.1) is 0 Å². The van der Waals surface area contributed by atoms with E-state index in [1.54, 1.807) is 0 Å². The lowest BCUT2D eigenvalue weighted by Gasteiger charge is -2.19. The Balaban J connectivity index is 1.90. The van der Waals surface area contributed by atoms with E-state index in [1.165, 1.54) is 11.7 Å². The van der Waals surface area contributed by atoms with Crippen molar-refractivity contribution in [2.24, 2.45) is 0 Å². The van der Waals surface area contributed by atoms with Gasteiger partial charge in [0.1, 0.15) is 13.0 Å². The van der Waals surface area contributed by atoms with E-state index in [9.17, 15) is 19.5 Å². The minimum atomic E-state index is -4.39. The van der Waals surface area contributed by atoms with Crippen LogP contribution in [0.4, 0.5) is 5.82 Å². The highest BCUT2D eigenvalue weighted by Gasteiger charge is 2.23. The number of hydrogen-bond acceptors (Lipinski definition) is 9. The molecule has 0 saturated carbocycles. The number of nitrogens with two attached hydrogens (primary N) is 1. The predicted octanol–water partition coefficient (Wildman–Crippen LogP) is 0.902. The second-order valence-electron chi connectivity index (χ2n) is 6.70. The molecule has 5 N–H and O–H groups in total. The van der Waals surface area contributed by atoms with Crippen LogP contribution in [-0.2, 0) is 27.0 Å². The quantitative estimate of drug-likeness (QED) is 0.240. The summed E-state index contributed by atoms with van der Waals surface area (Å²) < 4.78 is 28.5. The molecule has 3 rings (SSSR count). The first-order valence-corrected chi connectivity index (χ1v) is 11.1. The summed E-state index contributed by atoms with van der Waals surface area (Å²) in [5.74, 6) is 0.0159. The minimum absolute atomic E-state index is 0.00515. The van der Waals surface area contributed by atoms with Gasteiger partial charge in [0, 0.05) is 13.5 Å². The molecule has 3 aromatic rings. The van der Waals surface area contributed by atoms with E-state index in [0.717, 1.165) is 5.56 Å². The molecule has 0 aliphatic heterocycles. The smallest absolute Gasteiger partial charge is 0.350 e. The molecule has 0 spiro atoms. The number of ether oxygens (including phenoxy) is 3. The van der Waals surface area contributed by atoms with Crippen molar-refractivity contribution in [3.63, 3.8) is 0 Å². The van der Waals surface area contributed by atoms with Gasteiger partial charge in [-0.15, -0.1) is 0 Å². The Bertz CT molecular complexity index is 1060. The number of nitrogens with zero attached hydrogens (tertiary/aromatic N) is 4. The van der Waals surface area contributed by atoms with Crippen molar-refractivity contribution in [2.75, 3.05) is 32.4 Å². The van der Waals surface area contributed by atoms with Crippen LogP contribution in [0.15, 0.2) is 30.3 Å². The van der Waals surface area contributed by atoms with Crippen LogP contribution in [-0.4, -0.2) is 67.2 Å². The third kappa shape index (κ3) is 6.36. The standard InChI is InChI=1S/C18H24N5O7P/c1-28-7-8-29-17-21-15(19)14-16(22-17)23(18(24)20-14)10-13(30-11-31(25,26)27)9-12-5-3-2-4-6-12/h2-6,13H,7-11H2,1H3,(H,20,24)(H2,19,21,22)(H2,25,26,27). The summed E-state index contributed by atoms with van der Waals surface area (Å²) in [5, 5.41) is 10.4. The minimum Gasteiger partial charge on any atom is -0.480 e. The lowest BCUT2D eigenvalue weighted by atomic mass is 10.1. The molecular weight excluding hydrogens is 429 g/mol. The molecular formula is C18H24N5O7P. The molecule has 1 unspecified atom stereocenters. The largest absolute Gasteiger partial charge is 0.480 e. The summed E-state index contributed by atoms with van der Waals surface area (Å²) in [5.41, 5.74) is 7.19. The van der Waals surface area contributed by atoms with Gasteiger partial charge in [0.2, 0.25) is 0 Å². The molecule has 0 aliphatic carbocycles. The molecule has 0 saturated heterocycles. The molecule has 168 valence electrons. The van der Waals surface area contributed by atoms with Gasteiger partial charge in [-0.2, -0.15) is 15.0 Å². The van der Waals surface area contributed by atoms with Crippen molar-refractivity contribution < 1.29 is 33.7 Å². The number of aromatic hydroxyl groups is 1. The fraction of sp³-hybridized carbons (Fsp3) is 0.389. The lowest BCUT2D eigenvalue weighted by Crippen LogP contribution is -2.23. The Morgan fingerprint density at radius 1 is 1.16 bits per heavy atom. The molecule has 0 fully saturated rings. The fourth-order valence-corrected chi connectivity index (χ4v) is 3.30. The second kappa shape index (κ2) is 10.0. The maximum atomic E-state index is 11.3. The third-order valence-electron chi connectivity index (χ3n) is 4.27. The number of methoxy groups -OCH3 is 1. The van der Waals surface area contributed by atoms with Gasteiger partial charge in [-0.05, 0) is 5.56 Å². The molecule has 1 atom stereocenters. The summed E-state index contributed by atoms with van der Waals surface area (Å²) in [7, 11) is -2.87. The van der Waals surface area contributed by atoms with Crippen molar-refractivity contribution in [3.8, 4) is 12.0 Å². The Hall–Kier alpha value is -2.76. The lowest BCUT2D eigenvalue weighted by molar-refractivity contribution is 0.0615. The first-order chi connectivity index (χ1) is 14.8. The van der Waals surface area contributed by atoms with Crippen LogP contribution < -0.4 is 10.5 Å². The Kier molecular flexibility index (Phi) is 7.42. The number of fused-ring (bicyclic) bond motifs is 1. The van der Waals surface area contributed by atoms with E-state index in [0.29, 0.717) is 13.0 Å². The van der Waals surface area contributed by atoms with Crippen molar-refractivity contribution in [1.82, 2.24) is 19.5 Å². The number of hydrogen-bond donors (Lipinski definition) is 4. The van der Waals surface area contributed by atoms with Crippen LogP contribution in [0.2, 0.25) is 0 Å². The SMILES string of the molecule is COCCOc1nc(N)c2nc(O)n(CC(Cc3ccccc3)OCP(=O)(O)O)c2n1. The van der Waals surface area contributed by atoms with Crippen molar-refractivity contribution >= 4 is 24.6 Å². The van der Waals surface area contributed by atoms with E-state index < -0.39 is 20.0 Å². The number of imidazole rings is 1. The number of anilines is 1. The van der Waals surface area contributed by atoms with Gasteiger partial charge in [0.15, 0.2) is 17.0 Å². The molecule has 2 heterocycles. The summed E-state index contributed by atoms with van der Waals surface area (Å²) in [4.78, 5) is 30.7. The Morgan fingerprint density at radius 3 is 2.58 bits per heavy atom. The average molecular weight is 453 g/mol. The van der Waals surface area contributed by atoms with Crippen LogP contribution in [0.1, 0.15) is 5.56 Å².